The molecular formula is C23H34N4O2S. The Morgan fingerprint density at radius 2 is 2.00 bits per heavy atom. The van der Waals surface area contributed by atoms with Gasteiger partial charge < -0.3 is 19.7 Å². The average Bonchev–Trinajstić information content (AvgIpc) is 3.34. The topological polar surface area (TPSA) is 57.6 Å². The van der Waals surface area contributed by atoms with Gasteiger partial charge in [-0.25, -0.2) is 0 Å². The summed E-state index contributed by atoms with van der Waals surface area (Å²) in [5.41, 5.74) is 0.880. The molecule has 4 rings (SSSR count). The van der Waals surface area contributed by atoms with Crippen LogP contribution in [0.25, 0.3) is 10.2 Å². The van der Waals surface area contributed by atoms with Gasteiger partial charge in [-0.05, 0) is 50.4 Å². The van der Waals surface area contributed by atoms with Gasteiger partial charge in [0.25, 0.3) is 5.91 Å². The molecule has 0 aromatic carbocycles. The van der Waals surface area contributed by atoms with E-state index in [0.29, 0.717) is 18.8 Å². The number of nitrogens with zero attached hydrogens (tertiary/aromatic N) is 3. The van der Waals surface area contributed by atoms with Gasteiger partial charge in [0.05, 0.1) is 16.8 Å². The van der Waals surface area contributed by atoms with Crippen molar-refractivity contribution >= 4 is 33.4 Å². The lowest BCUT2D eigenvalue weighted by molar-refractivity contribution is -0.133. The first kappa shape index (κ1) is 21.4. The maximum atomic E-state index is 13.6. The number of nitrogens with one attached hydrogen (secondary N) is 1. The molecule has 164 valence electrons. The zero-order valence-electron chi connectivity index (χ0n) is 18.4. The molecule has 0 bridgehead atoms. The Labute approximate surface area is 183 Å². The van der Waals surface area contributed by atoms with Crippen LogP contribution in [0.4, 0.5) is 0 Å². The molecule has 3 heterocycles. The van der Waals surface area contributed by atoms with Crippen molar-refractivity contribution in [1.82, 2.24) is 19.7 Å². The molecular weight excluding hydrogens is 396 g/mol. The maximum Gasteiger partial charge on any atom is 0.271 e. The number of thiophene rings is 1. The molecule has 7 heteroatoms. The van der Waals surface area contributed by atoms with Crippen LogP contribution < -0.4 is 5.32 Å². The molecule has 0 unspecified atom stereocenters. The van der Waals surface area contributed by atoms with Gasteiger partial charge in [0.15, 0.2) is 0 Å². The second-order valence-electron chi connectivity index (χ2n) is 8.85. The number of amides is 2. The van der Waals surface area contributed by atoms with Crippen LogP contribution in [0, 0.1) is 0 Å². The van der Waals surface area contributed by atoms with E-state index in [9.17, 15) is 9.59 Å². The Balaban J connectivity index is 1.65. The number of hydrogen-bond acceptors (Lipinski definition) is 4. The normalized spacial score (nSPS) is 22.7. The summed E-state index contributed by atoms with van der Waals surface area (Å²) in [5, 5.41) is 5.35. The van der Waals surface area contributed by atoms with E-state index < -0.39 is 5.54 Å². The third kappa shape index (κ3) is 3.78. The molecule has 2 aromatic rings. The van der Waals surface area contributed by atoms with Gasteiger partial charge in [0.1, 0.15) is 11.2 Å². The predicted molar refractivity (Wildman–Crippen MR) is 122 cm³/mol. The molecule has 6 nitrogen and oxygen atoms in total. The highest BCUT2D eigenvalue weighted by atomic mass is 32.1. The summed E-state index contributed by atoms with van der Waals surface area (Å²) >= 11 is 1.65. The fourth-order valence-corrected chi connectivity index (χ4v) is 5.81. The molecule has 0 spiro atoms. The number of aromatic nitrogens is 1. The minimum Gasteiger partial charge on any atom is -0.351 e. The minimum absolute atomic E-state index is 0.00923. The third-order valence-electron chi connectivity index (χ3n) is 7.01. The molecule has 1 atom stereocenters. The van der Waals surface area contributed by atoms with Gasteiger partial charge in [-0.3, -0.25) is 9.59 Å². The van der Waals surface area contributed by atoms with Crippen LogP contribution in [0.5, 0.6) is 0 Å². The predicted octanol–water partition coefficient (Wildman–Crippen LogP) is 3.71. The number of carbonyl (C=O) groups is 2. The summed E-state index contributed by atoms with van der Waals surface area (Å²) in [5.74, 6) is -0.0388. The number of hydrogen-bond donors (Lipinski definition) is 1. The largest absolute Gasteiger partial charge is 0.351 e. The van der Waals surface area contributed by atoms with Crippen LogP contribution in [0.3, 0.4) is 0 Å². The second-order valence-corrected chi connectivity index (χ2v) is 9.80. The standard InChI is InChI=1S/C23H34N4O2S/c1-4-25(5-2)12-13-27-21(28)19-15-20-18(11-14-30-20)26(19)16-23(27,3)22(29)24-17-9-7-6-8-10-17/h11,14-15,17H,4-10,12-13,16H2,1-3H3,(H,24,29)/t23-/m1/s1. The van der Waals surface area contributed by atoms with Crippen molar-refractivity contribution in [1.29, 1.82) is 0 Å². The quantitative estimate of drug-likeness (QED) is 0.729. The van der Waals surface area contributed by atoms with Crippen molar-refractivity contribution in [2.24, 2.45) is 0 Å². The van der Waals surface area contributed by atoms with Gasteiger partial charge >= 0.3 is 0 Å². The molecule has 2 aliphatic rings. The van der Waals surface area contributed by atoms with Gasteiger partial charge in [-0.1, -0.05) is 33.1 Å². The van der Waals surface area contributed by atoms with Crippen molar-refractivity contribution in [2.75, 3.05) is 26.2 Å². The first-order chi connectivity index (χ1) is 14.5. The first-order valence-corrected chi connectivity index (χ1v) is 12.3. The zero-order chi connectivity index (χ0) is 21.3. The van der Waals surface area contributed by atoms with Crippen molar-refractivity contribution < 1.29 is 9.59 Å². The van der Waals surface area contributed by atoms with E-state index in [1.54, 1.807) is 11.3 Å². The first-order valence-electron chi connectivity index (χ1n) is 11.4. The highest BCUT2D eigenvalue weighted by Crippen LogP contribution is 2.34. The molecule has 1 N–H and O–H groups in total. The summed E-state index contributed by atoms with van der Waals surface area (Å²) in [6.45, 7) is 9.95. The van der Waals surface area contributed by atoms with Crippen molar-refractivity contribution in [3.63, 3.8) is 0 Å². The summed E-state index contributed by atoms with van der Waals surface area (Å²) < 4.78 is 3.17. The Morgan fingerprint density at radius 3 is 2.70 bits per heavy atom. The van der Waals surface area contributed by atoms with Crippen molar-refractivity contribution in [3.05, 3.63) is 23.2 Å². The Morgan fingerprint density at radius 1 is 1.27 bits per heavy atom. The fourth-order valence-electron chi connectivity index (χ4n) is 4.99. The monoisotopic (exact) mass is 430 g/mol. The van der Waals surface area contributed by atoms with E-state index >= 15 is 0 Å². The SMILES string of the molecule is CCN(CC)CCN1C(=O)c2cc3sccc3n2C[C@]1(C)C(=O)NC1CCCCC1. The third-order valence-corrected chi connectivity index (χ3v) is 7.87. The second kappa shape index (κ2) is 8.71. The van der Waals surface area contributed by atoms with Crippen molar-refractivity contribution in [3.8, 4) is 0 Å². The smallest absolute Gasteiger partial charge is 0.271 e. The van der Waals surface area contributed by atoms with E-state index in [1.165, 1.54) is 19.3 Å². The summed E-state index contributed by atoms with van der Waals surface area (Å²) in [4.78, 5) is 31.3. The van der Waals surface area contributed by atoms with Gasteiger partial charge in [0, 0.05) is 19.1 Å². The fraction of sp³-hybridized carbons (Fsp3) is 0.652. The van der Waals surface area contributed by atoms with E-state index in [-0.39, 0.29) is 17.9 Å². The van der Waals surface area contributed by atoms with E-state index in [1.807, 2.05) is 17.9 Å². The maximum absolute atomic E-state index is 13.6. The molecule has 1 saturated carbocycles. The number of fused-ring (bicyclic) bond motifs is 3. The summed E-state index contributed by atoms with van der Waals surface area (Å²) in [6.07, 6.45) is 5.67. The van der Waals surface area contributed by atoms with Crippen LogP contribution in [-0.4, -0.2) is 63.9 Å². The Hall–Kier alpha value is -1.86. The van der Waals surface area contributed by atoms with Gasteiger partial charge in [-0.2, -0.15) is 0 Å². The van der Waals surface area contributed by atoms with E-state index in [0.717, 1.165) is 42.7 Å². The van der Waals surface area contributed by atoms with Gasteiger partial charge in [0.2, 0.25) is 5.91 Å². The minimum atomic E-state index is -0.886. The number of rotatable bonds is 7. The van der Waals surface area contributed by atoms with Crippen LogP contribution in [0.15, 0.2) is 17.5 Å². The summed E-state index contributed by atoms with van der Waals surface area (Å²) in [7, 11) is 0. The molecule has 2 aromatic heterocycles. The highest BCUT2D eigenvalue weighted by Gasteiger charge is 2.48. The van der Waals surface area contributed by atoms with Crippen LogP contribution in [-0.2, 0) is 11.3 Å². The van der Waals surface area contributed by atoms with Crippen LogP contribution in [0.2, 0.25) is 0 Å². The molecule has 0 radical (unpaired) electrons. The molecule has 30 heavy (non-hydrogen) atoms. The van der Waals surface area contributed by atoms with Crippen LogP contribution >= 0.6 is 11.3 Å². The zero-order valence-corrected chi connectivity index (χ0v) is 19.3. The Bertz CT molecular complexity index is 910. The molecule has 2 amide bonds. The molecule has 1 aliphatic heterocycles. The van der Waals surface area contributed by atoms with Crippen LogP contribution in [0.1, 0.15) is 63.4 Å². The molecule has 1 fully saturated rings. The summed E-state index contributed by atoms with van der Waals surface area (Å²) in [6, 6.07) is 4.28. The molecule has 0 saturated heterocycles. The van der Waals surface area contributed by atoms with Crippen molar-refractivity contribution in [2.45, 2.75) is 71.0 Å². The lowest BCUT2D eigenvalue weighted by atomic mass is 9.91. The van der Waals surface area contributed by atoms with E-state index in [4.69, 9.17) is 0 Å². The lowest BCUT2D eigenvalue weighted by Gasteiger charge is -2.45. The Kier molecular flexibility index (Phi) is 6.21. The highest BCUT2D eigenvalue weighted by molar-refractivity contribution is 7.17. The lowest BCUT2D eigenvalue weighted by Crippen LogP contribution is -2.65. The average molecular weight is 431 g/mol. The molecule has 1 aliphatic carbocycles. The number of likely N-dealkylation sites (N-methyl/N-ethyl adjacent to an activating group) is 1. The number of carbonyl (C=O) groups excluding carboxylic acids is 2. The van der Waals surface area contributed by atoms with Gasteiger partial charge in [-0.15, -0.1) is 11.3 Å². The van der Waals surface area contributed by atoms with E-state index in [2.05, 4.69) is 40.1 Å².